The molecular weight excluding hydrogens is 281 g/mol. The molecule has 0 aliphatic rings. The molecule has 2 rings (SSSR count). The van der Waals surface area contributed by atoms with Crippen LogP contribution in [0.25, 0.3) is 0 Å². The molecule has 1 N–H and O–H groups in total. The second-order valence-electron chi connectivity index (χ2n) is 6.78. The van der Waals surface area contributed by atoms with E-state index in [0.717, 1.165) is 11.1 Å². The molecule has 0 fully saturated rings. The average molecular weight is 303 g/mol. The minimum absolute atomic E-state index is 0.0720. The fraction of sp³-hybridized carbons (Fsp3) is 0.389. The summed E-state index contributed by atoms with van der Waals surface area (Å²) in [6, 6.07) is 6.40. The lowest BCUT2D eigenvalue weighted by Gasteiger charge is -2.19. The summed E-state index contributed by atoms with van der Waals surface area (Å²) in [5, 5.41) is 0. The van der Waals surface area contributed by atoms with Crippen molar-refractivity contribution in [1.82, 2.24) is 4.98 Å². The van der Waals surface area contributed by atoms with E-state index in [0.29, 0.717) is 0 Å². The van der Waals surface area contributed by atoms with Crippen LogP contribution in [0.1, 0.15) is 51.7 Å². The number of pyridine rings is 1. The summed E-state index contributed by atoms with van der Waals surface area (Å²) in [6.07, 6.45) is 1.66. The van der Waals surface area contributed by atoms with Crippen LogP contribution in [-0.2, 0) is 5.41 Å². The zero-order valence-corrected chi connectivity index (χ0v) is 13.7. The van der Waals surface area contributed by atoms with Crippen LogP contribution >= 0.6 is 0 Å². The molecule has 0 aliphatic carbocycles. The molecule has 0 aliphatic heterocycles. The number of hydrogen-bond donors (Lipinski definition) is 1. The van der Waals surface area contributed by atoms with Gasteiger partial charge in [0.2, 0.25) is 0 Å². The summed E-state index contributed by atoms with van der Waals surface area (Å²) in [5.74, 6) is -0.0536. The van der Waals surface area contributed by atoms with Crippen molar-refractivity contribution in [1.29, 1.82) is 0 Å². The van der Waals surface area contributed by atoms with Gasteiger partial charge in [-0.2, -0.15) is 0 Å². The topological polar surface area (TPSA) is 42.1 Å². The third-order valence-corrected chi connectivity index (χ3v) is 3.58. The van der Waals surface area contributed by atoms with Crippen LogP contribution in [0.2, 0.25) is 0 Å². The Hall–Kier alpha value is -2.10. The lowest BCUT2D eigenvalue weighted by Crippen LogP contribution is -2.16. The standard InChI is InChI=1S/C18H22FNO2/c1-11(2)12-6-7-14(19)15(8-12)22-16-9-13(18(3,4)5)10-20-17(16)21/h6-11H,1-5H3,(H,20,21). The Labute approximate surface area is 130 Å². The largest absolute Gasteiger partial charge is 0.448 e. The normalized spacial score (nSPS) is 11.8. The number of nitrogens with one attached hydrogen (secondary N) is 1. The van der Waals surface area contributed by atoms with Crippen molar-refractivity contribution in [3.8, 4) is 11.5 Å². The first-order valence-electron chi connectivity index (χ1n) is 7.39. The van der Waals surface area contributed by atoms with Crippen molar-refractivity contribution in [3.63, 3.8) is 0 Å². The Morgan fingerprint density at radius 1 is 1.14 bits per heavy atom. The molecule has 0 bridgehead atoms. The maximum Gasteiger partial charge on any atom is 0.290 e. The first-order chi connectivity index (χ1) is 10.2. The van der Waals surface area contributed by atoms with Crippen LogP contribution in [0.5, 0.6) is 11.5 Å². The molecule has 2 aromatic rings. The van der Waals surface area contributed by atoms with Crippen LogP contribution in [0.3, 0.4) is 0 Å². The zero-order valence-electron chi connectivity index (χ0n) is 13.7. The summed E-state index contributed by atoms with van der Waals surface area (Å²) in [6.45, 7) is 10.1. The molecule has 0 saturated heterocycles. The molecule has 1 aromatic carbocycles. The van der Waals surface area contributed by atoms with E-state index in [4.69, 9.17) is 4.74 Å². The molecule has 0 atom stereocenters. The number of halogens is 1. The Bertz CT molecular complexity index is 727. The van der Waals surface area contributed by atoms with Crippen molar-refractivity contribution in [2.75, 3.05) is 0 Å². The summed E-state index contributed by atoms with van der Waals surface area (Å²) in [4.78, 5) is 14.6. The van der Waals surface area contributed by atoms with Gasteiger partial charge in [0.25, 0.3) is 5.56 Å². The predicted molar refractivity (Wildman–Crippen MR) is 86.3 cm³/mol. The second-order valence-corrected chi connectivity index (χ2v) is 6.78. The van der Waals surface area contributed by atoms with Crippen molar-refractivity contribution in [2.24, 2.45) is 0 Å². The molecule has 3 nitrogen and oxygen atoms in total. The summed E-state index contributed by atoms with van der Waals surface area (Å²) in [5.41, 5.74) is 1.37. The minimum Gasteiger partial charge on any atom is -0.448 e. The lowest BCUT2D eigenvalue weighted by atomic mass is 9.88. The maximum absolute atomic E-state index is 13.9. The number of aromatic amines is 1. The lowest BCUT2D eigenvalue weighted by molar-refractivity contribution is 0.433. The molecular formula is C18H22FNO2. The Kier molecular flexibility index (Phi) is 4.40. The molecule has 0 spiro atoms. The van der Waals surface area contributed by atoms with Crippen LogP contribution < -0.4 is 10.3 Å². The van der Waals surface area contributed by atoms with E-state index in [9.17, 15) is 9.18 Å². The van der Waals surface area contributed by atoms with E-state index < -0.39 is 5.82 Å². The number of benzene rings is 1. The van der Waals surface area contributed by atoms with Gasteiger partial charge >= 0.3 is 0 Å². The van der Waals surface area contributed by atoms with E-state index in [-0.39, 0.29) is 28.4 Å². The third-order valence-electron chi connectivity index (χ3n) is 3.58. The molecule has 118 valence electrons. The first-order valence-corrected chi connectivity index (χ1v) is 7.39. The van der Waals surface area contributed by atoms with Gasteiger partial charge in [-0.05, 0) is 40.7 Å². The van der Waals surface area contributed by atoms with E-state index >= 15 is 0 Å². The Morgan fingerprint density at radius 2 is 1.82 bits per heavy atom. The molecule has 0 amide bonds. The molecule has 1 aromatic heterocycles. The van der Waals surface area contributed by atoms with Crippen molar-refractivity contribution < 1.29 is 9.13 Å². The molecule has 0 saturated carbocycles. The van der Waals surface area contributed by atoms with Gasteiger partial charge in [0.1, 0.15) is 0 Å². The van der Waals surface area contributed by atoms with Gasteiger partial charge in [-0.25, -0.2) is 4.39 Å². The fourth-order valence-electron chi connectivity index (χ4n) is 2.05. The molecule has 0 unspecified atom stereocenters. The summed E-state index contributed by atoms with van der Waals surface area (Å²) >= 11 is 0. The van der Waals surface area contributed by atoms with Gasteiger partial charge in [0.05, 0.1) is 0 Å². The Morgan fingerprint density at radius 3 is 2.41 bits per heavy atom. The molecule has 4 heteroatoms. The fourth-order valence-corrected chi connectivity index (χ4v) is 2.05. The van der Waals surface area contributed by atoms with Crippen LogP contribution in [0.4, 0.5) is 4.39 Å². The highest BCUT2D eigenvalue weighted by molar-refractivity contribution is 5.37. The summed E-state index contributed by atoms with van der Waals surface area (Å²) < 4.78 is 19.5. The average Bonchev–Trinajstić information content (AvgIpc) is 2.42. The van der Waals surface area contributed by atoms with Gasteiger partial charge in [0, 0.05) is 6.20 Å². The summed E-state index contributed by atoms with van der Waals surface area (Å²) in [7, 11) is 0. The van der Waals surface area contributed by atoms with Gasteiger partial charge in [-0.3, -0.25) is 4.79 Å². The van der Waals surface area contributed by atoms with Crippen LogP contribution in [-0.4, -0.2) is 4.98 Å². The van der Waals surface area contributed by atoms with E-state index in [1.165, 1.54) is 6.07 Å². The second kappa shape index (κ2) is 5.95. The quantitative estimate of drug-likeness (QED) is 0.891. The monoisotopic (exact) mass is 303 g/mol. The van der Waals surface area contributed by atoms with Crippen LogP contribution in [0.15, 0.2) is 35.3 Å². The Balaban J connectivity index is 2.43. The van der Waals surface area contributed by atoms with Crippen molar-refractivity contribution in [3.05, 3.63) is 57.8 Å². The van der Waals surface area contributed by atoms with Gasteiger partial charge < -0.3 is 9.72 Å². The van der Waals surface area contributed by atoms with Gasteiger partial charge in [0.15, 0.2) is 17.3 Å². The number of H-pyrrole nitrogens is 1. The smallest absolute Gasteiger partial charge is 0.290 e. The predicted octanol–water partition coefficient (Wildman–Crippen LogP) is 4.73. The highest BCUT2D eigenvalue weighted by Crippen LogP contribution is 2.29. The first kappa shape index (κ1) is 16.3. The van der Waals surface area contributed by atoms with Crippen molar-refractivity contribution >= 4 is 0 Å². The number of ether oxygens (including phenoxy) is 1. The number of rotatable bonds is 3. The molecule has 0 radical (unpaired) electrons. The highest BCUT2D eigenvalue weighted by Gasteiger charge is 2.17. The van der Waals surface area contributed by atoms with Gasteiger partial charge in [-0.15, -0.1) is 0 Å². The van der Waals surface area contributed by atoms with E-state index in [1.54, 1.807) is 24.4 Å². The van der Waals surface area contributed by atoms with Gasteiger partial charge in [-0.1, -0.05) is 40.7 Å². The van der Waals surface area contributed by atoms with E-state index in [2.05, 4.69) is 4.98 Å². The zero-order chi connectivity index (χ0) is 16.5. The third kappa shape index (κ3) is 3.56. The minimum atomic E-state index is -0.482. The number of aromatic nitrogens is 1. The SMILES string of the molecule is CC(C)c1ccc(F)c(Oc2cc(C(C)(C)C)c[nH]c2=O)c1. The van der Waals surface area contributed by atoms with Crippen LogP contribution in [0, 0.1) is 5.82 Å². The highest BCUT2D eigenvalue weighted by atomic mass is 19.1. The van der Waals surface area contributed by atoms with Crippen molar-refractivity contribution in [2.45, 2.75) is 46.0 Å². The maximum atomic E-state index is 13.9. The molecule has 1 heterocycles. The van der Waals surface area contributed by atoms with E-state index in [1.807, 2.05) is 34.6 Å². The number of hydrogen-bond acceptors (Lipinski definition) is 2. The molecule has 22 heavy (non-hydrogen) atoms.